The van der Waals surface area contributed by atoms with E-state index in [0.717, 1.165) is 0 Å². The number of nitrogens with one attached hydrogen (secondary N) is 1. The summed E-state index contributed by atoms with van der Waals surface area (Å²) in [6.07, 6.45) is 1.46. The number of fused-ring (bicyclic) bond motifs is 1. The second kappa shape index (κ2) is 3.73. The summed E-state index contributed by atoms with van der Waals surface area (Å²) in [7, 11) is 0. The predicted molar refractivity (Wildman–Crippen MR) is 54.2 cm³/mol. The summed E-state index contributed by atoms with van der Waals surface area (Å²) in [6.45, 7) is 1.99. The van der Waals surface area contributed by atoms with Crippen molar-refractivity contribution in [1.29, 1.82) is 0 Å². The van der Waals surface area contributed by atoms with Gasteiger partial charge < -0.3 is 9.72 Å². The van der Waals surface area contributed by atoms with Gasteiger partial charge in [0.2, 0.25) is 0 Å². The van der Waals surface area contributed by atoms with Crippen LogP contribution in [0.15, 0.2) is 24.4 Å². The Bertz CT molecular complexity index is 504. The SMILES string of the molecule is CCOC(=O)c1c[nH]c2cccc(F)c12. The van der Waals surface area contributed by atoms with Gasteiger partial charge in [-0.1, -0.05) is 6.07 Å². The topological polar surface area (TPSA) is 42.1 Å². The summed E-state index contributed by atoms with van der Waals surface area (Å²) in [5.41, 5.74) is 0.836. The number of benzene rings is 1. The number of aromatic amines is 1. The van der Waals surface area contributed by atoms with E-state index in [1.165, 1.54) is 12.3 Å². The Labute approximate surface area is 85.9 Å². The Hall–Kier alpha value is -1.84. The summed E-state index contributed by atoms with van der Waals surface area (Å²) < 4.78 is 18.3. The molecule has 1 aromatic heterocycles. The highest BCUT2D eigenvalue weighted by Crippen LogP contribution is 2.21. The molecule has 0 saturated carbocycles. The monoisotopic (exact) mass is 207 g/mol. The third-order valence-electron chi connectivity index (χ3n) is 2.15. The molecule has 0 saturated heterocycles. The van der Waals surface area contributed by atoms with Crippen molar-refractivity contribution in [1.82, 2.24) is 4.98 Å². The number of halogens is 1. The minimum Gasteiger partial charge on any atom is -0.462 e. The fourth-order valence-corrected chi connectivity index (χ4v) is 1.51. The number of rotatable bonds is 2. The van der Waals surface area contributed by atoms with Gasteiger partial charge in [0.1, 0.15) is 5.82 Å². The van der Waals surface area contributed by atoms with E-state index in [1.54, 1.807) is 19.1 Å². The summed E-state index contributed by atoms with van der Waals surface area (Å²) in [4.78, 5) is 14.3. The number of esters is 1. The second-order valence-corrected chi connectivity index (χ2v) is 3.09. The van der Waals surface area contributed by atoms with Gasteiger partial charge in [0.05, 0.1) is 12.2 Å². The van der Waals surface area contributed by atoms with Crippen molar-refractivity contribution in [3.8, 4) is 0 Å². The smallest absolute Gasteiger partial charge is 0.340 e. The molecule has 0 unspecified atom stereocenters. The van der Waals surface area contributed by atoms with Gasteiger partial charge >= 0.3 is 5.97 Å². The molecule has 78 valence electrons. The number of hydrogen-bond donors (Lipinski definition) is 1. The van der Waals surface area contributed by atoms with Crippen LogP contribution in [-0.2, 0) is 4.74 Å². The average Bonchev–Trinajstić information content (AvgIpc) is 2.63. The first-order valence-electron chi connectivity index (χ1n) is 4.66. The summed E-state index contributed by atoms with van der Waals surface area (Å²) in [5.74, 6) is -0.925. The molecular formula is C11H10FNO2. The van der Waals surface area contributed by atoms with E-state index in [-0.39, 0.29) is 17.6 Å². The molecule has 1 aromatic carbocycles. The maximum absolute atomic E-state index is 13.5. The molecule has 0 aliphatic heterocycles. The van der Waals surface area contributed by atoms with Crippen LogP contribution >= 0.6 is 0 Å². The Balaban J connectivity index is 2.57. The van der Waals surface area contributed by atoms with Crippen LogP contribution in [0.1, 0.15) is 17.3 Å². The molecule has 3 nitrogen and oxygen atoms in total. The van der Waals surface area contributed by atoms with Gasteiger partial charge in [0.15, 0.2) is 0 Å². The van der Waals surface area contributed by atoms with E-state index < -0.39 is 11.8 Å². The molecule has 0 radical (unpaired) electrons. The standard InChI is InChI=1S/C11H10FNO2/c1-2-15-11(14)7-6-13-9-5-3-4-8(12)10(7)9/h3-6,13H,2H2,1H3. The van der Waals surface area contributed by atoms with Crippen LogP contribution in [-0.4, -0.2) is 17.6 Å². The van der Waals surface area contributed by atoms with Crippen molar-refractivity contribution < 1.29 is 13.9 Å². The predicted octanol–water partition coefficient (Wildman–Crippen LogP) is 2.48. The van der Waals surface area contributed by atoms with Gasteiger partial charge in [0, 0.05) is 17.1 Å². The number of H-pyrrole nitrogens is 1. The Kier molecular flexibility index (Phi) is 2.41. The largest absolute Gasteiger partial charge is 0.462 e. The van der Waals surface area contributed by atoms with Crippen molar-refractivity contribution in [3.63, 3.8) is 0 Å². The molecule has 4 heteroatoms. The van der Waals surface area contributed by atoms with Crippen molar-refractivity contribution in [2.75, 3.05) is 6.61 Å². The maximum Gasteiger partial charge on any atom is 0.340 e. The lowest BCUT2D eigenvalue weighted by Gasteiger charge is -1.99. The van der Waals surface area contributed by atoms with E-state index in [1.807, 2.05) is 0 Å². The van der Waals surface area contributed by atoms with E-state index in [9.17, 15) is 9.18 Å². The van der Waals surface area contributed by atoms with Gasteiger partial charge in [-0.2, -0.15) is 0 Å². The van der Waals surface area contributed by atoms with Gasteiger partial charge in [0.25, 0.3) is 0 Å². The highest BCUT2D eigenvalue weighted by molar-refractivity contribution is 6.04. The fraction of sp³-hybridized carbons (Fsp3) is 0.182. The van der Waals surface area contributed by atoms with Crippen molar-refractivity contribution in [2.45, 2.75) is 6.92 Å². The third kappa shape index (κ3) is 1.58. The van der Waals surface area contributed by atoms with Crippen LogP contribution < -0.4 is 0 Å². The number of aromatic nitrogens is 1. The first-order chi connectivity index (χ1) is 7.24. The van der Waals surface area contributed by atoms with Crippen LogP contribution in [0, 0.1) is 5.82 Å². The highest BCUT2D eigenvalue weighted by atomic mass is 19.1. The zero-order valence-electron chi connectivity index (χ0n) is 8.21. The summed E-state index contributed by atoms with van der Waals surface area (Å²) in [6, 6.07) is 4.61. The second-order valence-electron chi connectivity index (χ2n) is 3.09. The van der Waals surface area contributed by atoms with Crippen molar-refractivity contribution in [3.05, 3.63) is 35.8 Å². The van der Waals surface area contributed by atoms with E-state index in [2.05, 4.69) is 4.98 Å². The zero-order chi connectivity index (χ0) is 10.8. The van der Waals surface area contributed by atoms with Crippen LogP contribution in [0.5, 0.6) is 0 Å². The Morgan fingerprint density at radius 2 is 2.33 bits per heavy atom. The number of hydrogen-bond acceptors (Lipinski definition) is 2. The van der Waals surface area contributed by atoms with Gasteiger partial charge in [-0.05, 0) is 19.1 Å². The normalized spacial score (nSPS) is 10.5. The summed E-state index contributed by atoms with van der Waals surface area (Å²) in [5, 5.41) is 0.288. The van der Waals surface area contributed by atoms with Crippen LogP contribution in [0.25, 0.3) is 10.9 Å². The lowest BCUT2D eigenvalue weighted by Crippen LogP contribution is -2.03. The quantitative estimate of drug-likeness (QED) is 0.768. The van der Waals surface area contributed by atoms with Gasteiger partial charge in [-0.25, -0.2) is 9.18 Å². The molecule has 0 bridgehead atoms. The molecule has 2 aromatic rings. The average molecular weight is 207 g/mol. The van der Waals surface area contributed by atoms with Crippen molar-refractivity contribution >= 4 is 16.9 Å². The Morgan fingerprint density at radius 1 is 1.53 bits per heavy atom. The molecule has 0 atom stereocenters. The molecular weight excluding hydrogens is 197 g/mol. The summed E-state index contributed by atoms with van der Waals surface area (Å²) >= 11 is 0. The number of carbonyl (C=O) groups excluding carboxylic acids is 1. The molecule has 1 heterocycles. The molecule has 0 aliphatic carbocycles. The van der Waals surface area contributed by atoms with E-state index in [0.29, 0.717) is 5.52 Å². The van der Waals surface area contributed by atoms with E-state index >= 15 is 0 Å². The minimum atomic E-state index is -0.506. The van der Waals surface area contributed by atoms with Crippen LogP contribution in [0.2, 0.25) is 0 Å². The molecule has 2 rings (SSSR count). The number of ether oxygens (including phenoxy) is 1. The molecule has 0 fully saturated rings. The first kappa shape index (κ1) is 9.71. The molecule has 1 N–H and O–H groups in total. The highest BCUT2D eigenvalue weighted by Gasteiger charge is 2.15. The zero-order valence-corrected chi connectivity index (χ0v) is 8.21. The lowest BCUT2D eigenvalue weighted by atomic mass is 10.1. The first-order valence-corrected chi connectivity index (χ1v) is 4.66. The lowest BCUT2D eigenvalue weighted by molar-refractivity contribution is 0.0528. The third-order valence-corrected chi connectivity index (χ3v) is 2.15. The van der Waals surface area contributed by atoms with Gasteiger partial charge in [-0.3, -0.25) is 0 Å². The molecule has 0 aliphatic rings. The van der Waals surface area contributed by atoms with Crippen LogP contribution in [0.3, 0.4) is 0 Å². The Morgan fingerprint density at radius 3 is 3.07 bits per heavy atom. The molecule has 0 spiro atoms. The van der Waals surface area contributed by atoms with Crippen molar-refractivity contribution in [2.24, 2.45) is 0 Å². The van der Waals surface area contributed by atoms with Gasteiger partial charge in [-0.15, -0.1) is 0 Å². The minimum absolute atomic E-state index is 0.241. The van der Waals surface area contributed by atoms with Crippen LogP contribution in [0.4, 0.5) is 4.39 Å². The molecule has 15 heavy (non-hydrogen) atoms. The fourth-order valence-electron chi connectivity index (χ4n) is 1.51. The molecule has 0 amide bonds. The number of carbonyl (C=O) groups is 1. The maximum atomic E-state index is 13.5. The van der Waals surface area contributed by atoms with E-state index in [4.69, 9.17) is 4.74 Å².